The Morgan fingerprint density at radius 1 is 1.29 bits per heavy atom. The van der Waals surface area contributed by atoms with Crippen LogP contribution in [-0.4, -0.2) is 53.8 Å². The minimum Gasteiger partial charge on any atom is -0.480 e. The first-order chi connectivity index (χ1) is 11.6. The largest absolute Gasteiger partial charge is 0.480 e. The lowest BCUT2D eigenvalue weighted by Gasteiger charge is -2.29. The van der Waals surface area contributed by atoms with Crippen molar-refractivity contribution >= 4 is 12.0 Å². The number of ether oxygens (including phenoxy) is 1. The first-order valence-electron chi connectivity index (χ1n) is 9.12. The maximum absolute atomic E-state index is 12.4. The summed E-state index contributed by atoms with van der Waals surface area (Å²) in [5.41, 5.74) is 0. The zero-order chi connectivity index (χ0) is 17.4. The van der Waals surface area contributed by atoms with Gasteiger partial charge in [0.1, 0.15) is 6.04 Å². The van der Waals surface area contributed by atoms with Crippen LogP contribution in [0.4, 0.5) is 4.79 Å². The summed E-state index contributed by atoms with van der Waals surface area (Å²) in [6, 6.07) is -1.05. The summed E-state index contributed by atoms with van der Waals surface area (Å²) >= 11 is 0. The minimum atomic E-state index is -0.924. The number of carbonyl (C=O) groups is 2. The molecule has 24 heavy (non-hydrogen) atoms. The molecule has 2 atom stereocenters. The molecule has 2 rings (SSSR count). The second-order valence-electron chi connectivity index (χ2n) is 6.82. The highest BCUT2D eigenvalue weighted by molar-refractivity contribution is 5.83. The highest BCUT2D eigenvalue weighted by Crippen LogP contribution is 2.27. The molecule has 6 heteroatoms. The van der Waals surface area contributed by atoms with Gasteiger partial charge in [-0.15, -0.1) is 6.58 Å². The van der Waals surface area contributed by atoms with Crippen LogP contribution in [0.1, 0.15) is 51.4 Å². The molecule has 2 fully saturated rings. The van der Waals surface area contributed by atoms with Gasteiger partial charge in [-0.3, -0.25) is 0 Å². The lowest BCUT2D eigenvalue weighted by Crippen LogP contribution is -2.51. The van der Waals surface area contributed by atoms with E-state index >= 15 is 0 Å². The lowest BCUT2D eigenvalue weighted by atomic mass is 9.84. The Kier molecular flexibility index (Phi) is 7.56. The number of hydrogen-bond donors (Lipinski definition) is 2. The van der Waals surface area contributed by atoms with E-state index in [9.17, 15) is 14.7 Å². The molecule has 0 aromatic heterocycles. The van der Waals surface area contributed by atoms with E-state index < -0.39 is 12.0 Å². The summed E-state index contributed by atoms with van der Waals surface area (Å²) in [6.07, 6.45) is 9.62. The quantitative estimate of drug-likeness (QED) is 0.527. The normalized spacial score (nSPS) is 23.0. The Hall–Kier alpha value is -1.56. The van der Waals surface area contributed by atoms with Crippen LogP contribution < -0.4 is 5.32 Å². The first kappa shape index (κ1) is 18.8. The number of aliphatic carboxylic acids is 1. The van der Waals surface area contributed by atoms with Gasteiger partial charge in [-0.25, -0.2) is 9.59 Å². The molecule has 136 valence electrons. The number of nitrogens with zero attached hydrogens (tertiary/aromatic N) is 1. The molecule has 6 nitrogen and oxygen atoms in total. The summed E-state index contributed by atoms with van der Waals surface area (Å²) in [5, 5.41) is 12.2. The summed E-state index contributed by atoms with van der Waals surface area (Å²) < 4.78 is 5.77. The zero-order valence-electron chi connectivity index (χ0n) is 14.4. The Morgan fingerprint density at radius 2 is 2.04 bits per heavy atom. The van der Waals surface area contributed by atoms with Gasteiger partial charge < -0.3 is 20.1 Å². The molecular formula is C18H30N2O4. The van der Waals surface area contributed by atoms with Crippen molar-refractivity contribution in [3.63, 3.8) is 0 Å². The summed E-state index contributed by atoms with van der Waals surface area (Å²) in [7, 11) is 0. The third-order valence-corrected chi connectivity index (χ3v) is 5.00. The molecular weight excluding hydrogens is 308 g/mol. The number of rotatable bonds is 8. The number of urea groups is 1. The monoisotopic (exact) mass is 338 g/mol. The fourth-order valence-corrected chi connectivity index (χ4v) is 3.60. The summed E-state index contributed by atoms with van der Waals surface area (Å²) in [6.45, 7) is 5.51. The van der Waals surface area contributed by atoms with E-state index in [1.165, 1.54) is 0 Å². The highest BCUT2D eigenvalue weighted by atomic mass is 16.5. The van der Waals surface area contributed by atoms with Gasteiger partial charge in [-0.2, -0.15) is 0 Å². The Labute approximate surface area is 144 Å². The van der Waals surface area contributed by atoms with Crippen LogP contribution >= 0.6 is 0 Å². The molecule has 0 bridgehead atoms. The molecule has 1 saturated carbocycles. The van der Waals surface area contributed by atoms with E-state index in [4.69, 9.17) is 4.74 Å². The van der Waals surface area contributed by atoms with Crippen LogP contribution in [0.15, 0.2) is 12.7 Å². The number of unbranched alkanes of at least 4 members (excludes halogenated alkanes) is 1. The first-order valence-corrected chi connectivity index (χ1v) is 9.12. The van der Waals surface area contributed by atoms with Crippen LogP contribution in [0.2, 0.25) is 0 Å². The van der Waals surface area contributed by atoms with Crippen LogP contribution in [0.5, 0.6) is 0 Å². The van der Waals surface area contributed by atoms with E-state index in [0.717, 1.165) is 51.4 Å². The van der Waals surface area contributed by atoms with Crippen molar-refractivity contribution in [2.45, 2.75) is 63.5 Å². The van der Waals surface area contributed by atoms with Gasteiger partial charge in [0.15, 0.2) is 0 Å². The molecule has 2 N–H and O–H groups in total. The number of likely N-dealkylation sites (tertiary alicyclic amines) is 1. The average Bonchev–Trinajstić information content (AvgIpc) is 3.06. The molecule has 1 saturated heterocycles. The van der Waals surface area contributed by atoms with E-state index in [2.05, 4.69) is 11.9 Å². The number of nitrogens with one attached hydrogen (secondary N) is 1. The predicted molar refractivity (Wildman–Crippen MR) is 91.9 cm³/mol. The highest BCUT2D eigenvalue weighted by Gasteiger charge is 2.34. The Morgan fingerprint density at radius 3 is 2.71 bits per heavy atom. The predicted octanol–water partition coefficient (Wildman–Crippen LogP) is 2.79. The second kappa shape index (κ2) is 9.67. The molecule has 1 aliphatic heterocycles. The molecule has 0 radical (unpaired) electrons. The van der Waals surface area contributed by atoms with Crippen molar-refractivity contribution in [2.24, 2.45) is 5.92 Å². The summed E-state index contributed by atoms with van der Waals surface area (Å²) in [4.78, 5) is 25.6. The molecule has 0 aromatic carbocycles. The number of carboxylic acid groups (broad SMARTS) is 1. The SMILES string of the molecule is C=CCCCOC1CCN(C(=O)N[C@H](C(=O)O)C2CCCCC2)C1. The van der Waals surface area contributed by atoms with Crippen molar-refractivity contribution < 1.29 is 19.4 Å². The van der Waals surface area contributed by atoms with E-state index in [1.807, 2.05) is 6.08 Å². The lowest BCUT2D eigenvalue weighted by molar-refractivity contribution is -0.141. The number of carbonyl (C=O) groups excluding carboxylic acids is 1. The van der Waals surface area contributed by atoms with Gasteiger partial charge in [0.05, 0.1) is 6.10 Å². The van der Waals surface area contributed by atoms with Gasteiger partial charge in [-0.1, -0.05) is 25.3 Å². The Bertz CT molecular complexity index is 435. The van der Waals surface area contributed by atoms with Crippen molar-refractivity contribution in [2.75, 3.05) is 19.7 Å². The van der Waals surface area contributed by atoms with Gasteiger partial charge in [0.2, 0.25) is 0 Å². The molecule has 1 unspecified atom stereocenters. The van der Waals surface area contributed by atoms with Crippen molar-refractivity contribution in [1.29, 1.82) is 0 Å². The van der Waals surface area contributed by atoms with Crippen molar-refractivity contribution in [1.82, 2.24) is 10.2 Å². The summed E-state index contributed by atoms with van der Waals surface area (Å²) in [5.74, 6) is -0.875. The van der Waals surface area contributed by atoms with E-state index in [-0.39, 0.29) is 18.1 Å². The number of carboxylic acids is 1. The maximum Gasteiger partial charge on any atom is 0.326 e. The minimum absolute atomic E-state index is 0.0498. The van der Waals surface area contributed by atoms with Crippen molar-refractivity contribution in [3.8, 4) is 0 Å². The maximum atomic E-state index is 12.4. The molecule has 0 spiro atoms. The van der Waals surface area contributed by atoms with Crippen LogP contribution in [0, 0.1) is 5.92 Å². The number of amides is 2. The molecule has 0 aromatic rings. The third kappa shape index (κ3) is 5.51. The molecule has 2 amide bonds. The van der Waals surface area contributed by atoms with Gasteiger partial charge in [0.25, 0.3) is 0 Å². The number of hydrogen-bond acceptors (Lipinski definition) is 3. The van der Waals surface area contributed by atoms with Gasteiger partial charge in [0, 0.05) is 19.7 Å². The fraction of sp³-hybridized carbons (Fsp3) is 0.778. The third-order valence-electron chi connectivity index (χ3n) is 5.00. The van der Waals surface area contributed by atoms with Crippen LogP contribution in [0.25, 0.3) is 0 Å². The van der Waals surface area contributed by atoms with E-state index in [0.29, 0.717) is 19.7 Å². The number of allylic oxidation sites excluding steroid dienone is 1. The average molecular weight is 338 g/mol. The molecule has 1 heterocycles. The van der Waals surface area contributed by atoms with Gasteiger partial charge >= 0.3 is 12.0 Å². The topological polar surface area (TPSA) is 78.9 Å². The van der Waals surface area contributed by atoms with Crippen LogP contribution in [-0.2, 0) is 9.53 Å². The Balaban J connectivity index is 1.78. The molecule has 2 aliphatic rings. The second-order valence-corrected chi connectivity index (χ2v) is 6.82. The standard InChI is InChI=1S/C18H30N2O4/c1-2-3-7-12-24-15-10-11-20(13-15)18(23)19-16(17(21)22)14-8-5-4-6-9-14/h2,14-16H,1,3-13H2,(H,19,23)(H,21,22)/t15?,16-/m0/s1. The smallest absolute Gasteiger partial charge is 0.326 e. The van der Waals surface area contributed by atoms with Gasteiger partial charge in [-0.05, 0) is 38.0 Å². The van der Waals surface area contributed by atoms with Crippen LogP contribution in [0.3, 0.4) is 0 Å². The fourth-order valence-electron chi connectivity index (χ4n) is 3.60. The van der Waals surface area contributed by atoms with Crippen molar-refractivity contribution in [3.05, 3.63) is 12.7 Å². The molecule has 1 aliphatic carbocycles. The zero-order valence-corrected chi connectivity index (χ0v) is 14.4. The van der Waals surface area contributed by atoms with E-state index in [1.54, 1.807) is 4.90 Å².